The third kappa shape index (κ3) is 2.06. The second kappa shape index (κ2) is 2.03. The van der Waals surface area contributed by atoms with E-state index in [0.29, 0.717) is 6.54 Å². The van der Waals surface area contributed by atoms with Crippen molar-refractivity contribution in [2.75, 3.05) is 6.54 Å². The Labute approximate surface area is 55.6 Å². The van der Waals surface area contributed by atoms with Crippen molar-refractivity contribution in [3.8, 4) is 0 Å². The molecule has 1 saturated carbocycles. The first-order chi connectivity index (χ1) is 4.12. The third-order valence-electron chi connectivity index (χ3n) is 1.55. The van der Waals surface area contributed by atoms with E-state index in [1.165, 1.54) is 0 Å². The van der Waals surface area contributed by atoms with Crippen LogP contribution in [-0.2, 0) is 0 Å². The Kier molecular flexibility index (Phi) is 1.49. The third-order valence-corrected chi connectivity index (χ3v) is 1.55. The lowest BCUT2D eigenvalue weighted by atomic mass is 10.3. The van der Waals surface area contributed by atoms with Crippen molar-refractivity contribution in [1.29, 1.82) is 0 Å². The van der Waals surface area contributed by atoms with E-state index in [2.05, 4.69) is 11.9 Å². The Bertz CT molecular complexity index is 127. The molecular formula is C7H13NO. The van der Waals surface area contributed by atoms with E-state index in [9.17, 15) is 5.11 Å². The van der Waals surface area contributed by atoms with Crippen LogP contribution >= 0.6 is 0 Å². The highest BCUT2D eigenvalue weighted by molar-refractivity contribution is 4.98. The van der Waals surface area contributed by atoms with Crippen LogP contribution < -0.4 is 5.32 Å². The molecule has 1 aliphatic carbocycles. The molecule has 2 nitrogen and oxygen atoms in total. The summed E-state index contributed by atoms with van der Waals surface area (Å²) in [5, 5.41) is 12.3. The largest absolute Gasteiger partial charge is 0.388 e. The molecule has 2 N–H and O–H groups in total. The fraction of sp³-hybridized carbons (Fsp3) is 0.714. The Morgan fingerprint density at radius 1 is 1.78 bits per heavy atom. The standard InChI is InChI=1S/C7H13NO/c1-6(2)8-5-7(9)3-4-7/h8-9H,1,3-5H2,2H3. The van der Waals surface area contributed by atoms with Crippen LogP contribution in [0.2, 0.25) is 0 Å². The van der Waals surface area contributed by atoms with Gasteiger partial charge >= 0.3 is 0 Å². The van der Waals surface area contributed by atoms with Gasteiger partial charge in [-0.3, -0.25) is 0 Å². The van der Waals surface area contributed by atoms with Crippen LogP contribution in [0.15, 0.2) is 12.3 Å². The molecular weight excluding hydrogens is 114 g/mol. The van der Waals surface area contributed by atoms with E-state index < -0.39 is 0 Å². The smallest absolute Gasteiger partial charge is 0.0821 e. The molecule has 0 aromatic heterocycles. The number of rotatable bonds is 3. The summed E-state index contributed by atoms with van der Waals surface area (Å²) in [6, 6.07) is 0. The van der Waals surface area contributed by atoms with Gasteiger partial charge in [-0.2, -0.15) is 0 Å². The molecule has 1 rings (SSSR count). The molecule has 0 amide bonds. The molecule has 0 saturated heterocycles. The van der Waals surface area contributed by atoms with Gasteiger partial charge in [0.1, 0.15) is 0 Å². The van der Waals surface area contributed by atoms with Gasteiger partial charge in [0, 0.05) is 12.2 Å². The average molecular weight is 127 g/mol. The summed E-state index contributed by atoms with van der Waals surface area (Å²) in [5.41, 5.74) is 0.536. The molecule has 0 aromatic carbocycles. The number of nitrogens with one attached hydrogen (secondary N) is 1. The van der Waals surface area contributed by atoms with Crippen LogP contribution in [0.25, 0.3) is 0 Å². The van der Waals surface area contributed by atoms with Crippen molar-refractivity contribution in [1.82, 2.24) is 5.32 Å². The average Bonchev–Trinajstić information content (AvgIpc) is 2.45. The molecule has 1 aliphatic rings. The highest BCUT2D eigenvalue weighted by Crippen LogP contribution is 2.33. The monoisotopic (exact) mass is 127 g/mol. The molecule has 0 heterocycles. The van der Waals surface area contributed by atoms with Gasteiger partial charge in [-0.25, -0.2) is 0 Å². The van der Waals surface area contributed by atoms with Gasteiger partial charge in [0.25, 0.3) is 0 Å². The zero-order valence-corrected chi connectivity index (χ0v) is 5.78. The molecule has 0 aliphatic heterocycles. The summed E-state index contributed by atoms with van der Waals surface area (Å²) >= 11 is 0. The Morgan fingerprint density at radius 2 is 2.33 bits per heavy atom. The number of allylic oxidation sites excluding steroid dienone is 1. The van der Waals surface area contributed by atoms with E-state index in [1.54, 1.807) is 0 Å². The maximum atomic E-state index is 9.27. The van der Waals surface area contributed by atoms with Crippen LogP contribution in [0.4, 0.5) is 0 Å². The van der Waals surface area contributed by atoms with E-state index in [-0.39, 0.29) is 5.60 Å². The highest BCUT2D eigenvalue weighted by atomic mass is 16.3. The SMILES string of the molecule is C=C(C)NCC1(O)CC1. The first-order valence-electron chi connectivity index (χ1n) is 3.24. The molecule has 0 spiro atoms. The lowest BCUT2D eigenvalue weighted by Gasteiger charge is -2.08. The van der Waals surface area contributed by atoms with Gasteiger partial charge < -0.3 is 10.4 Å². The summed E-state index contributed by atoms with van der Waals surface area (Å²) in [4.78, 5) is 0. The summed E-state index contributed by atoms with van der Waals surface area (Å²) < 4.78 is 0. The van der Waals surface area contributed by atoms with Crippen LogP contribution in [0.5, 0.6) is 0 Å². The lowest BCUT2D eigenvalue weighted by molar-refractivity contribution is 0.151. The molecule has 2 heteroatoms. The number of hydrogen-bond acceptors (Lipinski definition) is 2. The van der Waals surface area contributed by atoms with Gasteiger partial charge in [-0.05, 0) is 19.8 Å². The Hall–Kier alpha value is -0.500. The predicted molar refractivity (Wildman–Crippen MR) is 37.0 cm³/mol. The van der Waals surface area contributed by atoms with Crippen molar-refractivity contribution in [3.63, 3.8) is 0 Å². The second-order valence-electron chi connectivity index (χ2n) is 2.86. The van der Waals surface area contributed by atoms with Gasteiger partial charge in [0.05, 0.1) is 5.60 Å². The van der Waals surface area contributed by atoms with Crippen LogP contribution in [0.3, 0.4) is 0 Å². The van der Waals surface area contributed by atoms with E-state index >= 15 is 0 Å². The van der Waals surface area contributed by atoms with Crippen molar-refractivity contribution < 1.29 is 5.11 Å². The zero-order chi connectivity index (χ0) is 6.91. The summed E-state index contributed by atoms with van der Waals surface area (Å²) in [6.07, 6.45) is 1.88. The lowest BCUT2D eigenvalue weighted by Crippen LogP contribution is -2.26. The molecule has 0 aromatic rings. The fourth-order valence-electron chi connectivity index (χ4n) is 0.636. The maximum absolute atomic E-state index is 9.27. The molecule has 0 bridgehead atoms. The summed E-state index contributed by atoms with van der Waals surface area (Å²) in [7, 11) is 0. The van der Waals surface area contributed by atoms with Crippen LogP contribution in [-0.4, -0.2) is 17.3 Å². The summed E-state index contributed by atoms with van der Waals surface area (Å²) in [5.74, 6) is 0. The van der Waals surface area contributed by atoms with Gasteiger partial charge in [-0.1, -0.05) is 6.58 Å². The van der Waals surface area contributed by atoms with E-state index in [4.69, 9.17) is 0 Å². The minimum absolute atomic E-state index is 0.390. The highest BCUT2D eigenvalue weighted by Gasteiger charge is 2.39. The fourth-order valence-corrected chi connectivity index (χ4v) is 0.636. The molecule has 52 valence electrons. The van der Waals surface area contributed by atoms with Crippen molar-refractivity contribution in [3.05, 3.63) is 12.3 Å². The number of hydrogen-bond donors (Lipinski definition) is 2. The Balaban J connectivity index is 2.12. The van der Waals surface area contributed by atoms with Gasteiger partial charge in [-0.15, -0.1) is 0 Å². The second-order valence-corrected chi connectivity index (χ2v) is 2.86. The molecule has 9 heavy (non-hydrogen) atoms. The van der Waals surface area contributed by atoms with Crippen molar-refractivity contribution in [2.24, 2.45) is 0 Å². The molecule has 0 radical (unpaired) electrons. The molecule has 0 unspecified atom stereocenters. The molecule has 0 atom stereocenters. The van der Waals surface area contributed by atoms with Gasteiger partial charge in [0.15, 0.2) is 0 Å². The topological polar surface area (TPSA) is 32.3 Å². The quantitative estimate of drug-likeness (QED) is 0.583. The van der Waals surface area contributed by atoms with Gasteiger partial charge in [0.2, 0.25) is 0 Å². The normalized spacial score (nSPS) is 21.1. The van der Waals surface area contributed by atoms with E-state index in [0.717, 1.165) is 18.5 Å². The van der Waals surface area contributed by atoms with Crippen molar-refractivity contribution in [2.45, 2.75) is 25.4 Å². The van der Waals surface area contributed by atoms with Crippen LogP contribution in [0.1, 0.15) is 19.8 Å². The Morgan fingerprint density at radius 3 is 2.67 bits per heavy atom. The predicted octanol–water partition coefficient (Wildman–Crippen LogP) is 0.635. The minimum atomic E-state index is -0.390. The van der Waals surface area contributed by atoms with Crippen LogP contribution in [0, 0.1) is 0 Å². The summed E-state index contributed by atoms with van der Waals surface area (Å²) in [6.45, 7) is 6.23. The van der Waals surface area contributed by atoms with E-state index in [1.807, 2.05) is 6.92 Å². The first kappa shape index (κ1) is 6.62. The number of aliphatic hydroxyl groups is 1. The first-order valence-corrected chi connectivity index (χ1v) is 3.24. The molecule has 1 fully saturated rings. The maximum Gasteiger partial charge on any atom is 0.0821 e. The minimum Gasteiger partial charge on any atom is -0.388 e. The van der Waals surface area contributed by atoms with Crippen molar-refractivity contribution >= 4 is 0 Å². The zero-order valence-electron chi connectivity index (χ0n) is 5.78.